The third kappa shape index (κ3) is 3.90. The molecule has 0 spiro atoms. The molecule has 6 nitrogen and oxygen atoms in total. The summed E-state index contributed by atoms with van der Waals surface area (Å²) < 4.78 is 0. The zero-order chi connectivity index (χ0) is 15.8. The van der Waals surface area contributed by atoms with Gasteiger partial charge in [0, 0.05) is 18.3 Å². The molecule has 0 saturated heterocycles. The maximum absolute atomic E-state index is 11.2. The first kappa shape index (κ1) is 15.2. The summed E-state index contributed by atoms with van der Waals surface area (Å²) in [7, 11) is 0. The van der Waals surface area contributed by atoms with E-state index in [4.69, 9.17) is 5.26 Å². The zero-order valence-corrected chi connectivity index (χ0v) is 11.7. The number of carbonyl (C=O) groups is 1. The average Bonchev–Trinajstić information content (AvgIpc) is 2.55. The third-order valence-electron chi connectivity index (χ3n) is 2.81. The standard InChI is InChI=1S/C16H14N4O2/c17-9-5-2-6-10-18-15-13(16(21)22)11-19-14(20-15)12-7-3-1-4-8-12/h1-4,6-8,11H,5,10H2,(H,21,22)(H,18,19,20). The highest BCUT2D eigenvalue weighted by Gasteiger charge is 2.13. The summed E-state index contributed by atoms with van der Waals surface area (Å²) in [5.41, 5.74) is 0.816. The van der Waals surface area contributed by atoms with Gasteiger partial charge in [-0.15, -0.1) is 0 Å². The van der Waals surface area contributed by atoms with Crippen molar-refractivity contribution in [3.8, 4) is 17.5 Å². The highest BCUT2D eigenvalue weighted by molar-refractivity contribution is 5.93. The Balaban J connectivity index is 2.25. The molecule has 2 aromatic rings. The van der Waals surface area contributed by atoms with Crippen molar-refractivity contribution in [3.05, 3.63) is 54.2 Å². The van der Waals surface area contributed by atoms with Gasteiger partial charge in [-0.3, -0.25) is 0 Å². The van der Waals surface area contributed by atoms with E-state index in [0.717, 1.165) is 5.56 Å². The number of carboxylic acids is 1. The number of carboxylic acid groups (broad SMARTS) is 1. The van der Waals surface area contributed by atoms with Gasteiger partial charge in [-0.1, -0.05) is 42.5 Å². The van der Waals surface area contributed by atoms with Gasteiger partial charge in [0.05, 0.1) is 12.5 Å². The van der Waals surface area contributed by atoms with Crippen LogP contribution in [0.4, 0.5) is 5.82 Å². The molecule has 0 saturated carbocycles. The van der Waals surface area contributed by atoms with Crippen LogP contribution in [0.15, 0.2) is 48.7 Å². The quantitative estimate of drug-likeness (QED) is 0.795. The molecule has 2 N–H and O–H groups in total. The molecular formula is C16H14N4O2. The van der Waals surface area contributed by atoms with Crippen LogP contribution in [-0.4, -0.2) is 27.6 Å². The van der Waals surface area contributed by atoms with Gasteiger partial charge >= 0.3 is 5.97 Å². The fourth-order valence-electron chi connectivity index (χ4n) is 1.77. The Morgan fingerprint density at radius 2 is 2.09 bits per heavy atom. The molecule has 0 aliphatic carbocycles. The Kier molecular flexibility index (Phi) is 5.21. The van der Waals surface area contributed by atoms with Gasteiger partial charge in [0.15, 0.2) is 5.82 Å². The van der Waals surface area contributed by atoms with E-state index in [1.54, 1.807) is 12.2 Å². The third-order valence-corrected chi connectivity index (χ3v) is 2.81. The molecule has 6 heteroatoms. The van der Waals surface area contributed by atoms with Crippen molar-refractivity contribution in [3.63, 3.8) is 0 Å². The number of nitrogens with zero attached hydrogens (tertiary/aromatic N) is 3. The van der Waals surface area contributed by atoms with E-state index in [-0.39, 0.29) is 11.4 Å². The monoisotopic (exact) mass is 294 g/mol. The van der Waals surface area contributed by atoms with E-state index in [0.29, 0.717) is 18.8 Å². The first-order valence-corrected chi connectivity index (χ1v) is 6.64. The topological polar surface area (TPSA) is 98.9 Å². The number of rotatable bonds is 6. The Bertz CT molecular complexity index is 721. The summed E-state index contributed by atoms with van der Waals surface area (Å²) in [6.45, 7) is 0.382. The number of allylic oxidation sites excluding steroid dienone is 1. The number of benzene rings is 1. The predicted molar refractivity (Wildman–Crippen MR) is 82.3 cm³/mol. The van der Waals surface area contributed by atoms with Crippen LogP contribution in [0.5, 0.6) is 0 Å². The van der Waals surface area contributed by atoms with Crippen molar-refractivity contribution in [1.29, 1.82) is 5.26 Å². The van der Waals surface area contributed by atoms with Crippen molar-refractivity contribution in [2.45, 2.75) is 6.42 Å². The second-order valence-corrected chi connectivity index (χ2v) is 4.34. The van der Waals surface area contributed by atoms with Gasteiger partial charge in [0.25, 0.3) is 0 Å². The number of hydrogen-bond donors (Lipinski definition) is 2. The summed E-state index contributed by atoms with van der Waals surface area (Å²) in [4.78, 5) is 19.6. The van der Waals surface area contributed by atoms with Crippen molar-refractivity contribution < 1.29 is 9.90 Å². The van der Waals surface area contributed by atoms with Crippen LogP contribution in [-0.2, 0) is 0 Å². The molecule has 1 heterocycles. The Labute approximate surface area is 127 Å². The van der Waals surface area contributed by atoms with Gasteiger partial charge in [-0.25, -0.2) is 14.8 Å². The normalized spacial score (nSPS) is 10.3. The van der Waals surface area contributed by atoms with Crippen LogP contribution in [0.1, 0.15) is 16.8 Å². The van der Waals surface area contributed by atoms with Gasteiger partial charge < -0.3 is 10.4 Å². The number of nitrogens with one attached hydrogen (secondary N) is 1. The molecule has 0 radical (unpaired) electrons. The lowest BCUT2D eigenvalue weighted by atomic mass is 10.2. The van der Waals surface area contributed by atoms with Crippen molar-refractivity contribution in [1.82, 2.24) is 9.97 Å². The molecule has 110 valence electrons. The minimum absolute atomic E-state index is 0.00774. The molecule has 0 atom stereocenters. The van der Waals surface area contributed by atoms with Crippen LogP contribution in [0.3, 0.4) is 0 Å². The van der Waals surface area contributed by atoms with E-state index in [1.807, 2.05) is 36.4 Å². The van der Waals surface area contributed by atoms with Crippen LogP contribution in [0.25, 0.3) is 11.4 Å². The largest absolute Gasteiger partial charge is 0.477 e. The first-order valence-electron chi connectivity index (χ1n) is 6.64. The van der Waals surface area contributed by atoms with Gasteiger partial charge in [0.2, 0.25) is 0 Å². The number of aromatic carboxylic acids is 1. The molecular weight excluding hydrogens is 280 g/mol. The van der Waals surface area contributed by atoms with E-state index >= 15 is 0 Å². The molecule has 0 aliphatic heterocycles. The Morgan fingerprint density at radius 1 is 1.32 bits per heavy atom. The van der Waals surface area contributed by atoms with Crippen LogP contribution in [0, 0.1) is 11.3 Å². The molecule has 2 rings (SSSR count). The number of aromatic nitrogens is 2. The summed E-state index contributed by atoms with van der Waals surface area (Å²) in [6.07, 6.45) is 5.05. The first-order chi connectivity index (χ1) is 10.7. The number of anilines is 1. The summed E-state index contributed by atoms with van der Waals surface area (Å²) in [6, 6.07) is 11.3. The molecule has 0 fully saturated rings. The van der Waals surface area contributed by atoms with E-state index in [1.165, 1.54) is 6.20 Å². The highest BCUT2D eigenvalue weighted by atomic mass is 16.4. The number of hydrogen-bond acceptors (Lipinski definition) is 5. The van der Waals surface area contributed by atoms with Crippen LogP contribution < -0.4 is 5.32 Å². The zero-order valence-electron chi connectivity index (χ0n) is 11.7. The van der Waals surface area contributed by atoms with E-state index in [2.05, 4.69) is 15.3 Å². The predicted octanol–water partition coefficient (Wildman–Crippen LogP) is 2.72. The Hall–Kier alpha value is -3.20. The fourth-order valence-corrected chi connectivity index (χ4v) is 1.77. The SMILES string of the molecule is N#CCC=CCNc1nc(-c2ccccc2)ncc1C(=O)O. The molecule has 1 aromatic carbocycles. The van der Waals surface area contributed by atoms with Crippen molar-refractivity contribution in [2.24, 2.45) is 0 Å². The summed E-state index contributed by atoms with van der Waals surface area (Å²) in [5, 5.41) is 20.6. The lowest BCUT2D eigenvalue weighted by Crippen LogP contribution is -2.10. The average molecular weight is 294 g/mol. The molecule has 0 aliphatic rings. The summed E-state index contributed by atoms with van der Waals surface area (Å²) >= 11 is 0. The highest BCUT2D eigenvalue weighted by Crippen LogP contribution is 2.19. The minimum atomic E-state index is -1.09. The van der Waals surface area contributed by atoms with E-state index < -0.39 is 5.97 Å². The lowest BCUT2D eigenvalue weighted by molar-refractivity contribution is 0.0697. The molecule has 0 bridgehead atoms. The molecule has 0 amide bonds. The number of nitriles is 1. The maximum atomic E-state index is 11.2. The second-order valence-electron chi connectivity index (χ2n) is 4.34. The second kappa shape index (κ2) is 7.55. The molecule has 1 aromatic heterocycles. The Morgan fingerprint density at radius 3 is 2.77 bits per heavy atom. The van der Waals surface area contributed by atoms with Crippen LogP contribution in [0.2, 0.25) is 0 Å². The smallest absolute Gasteiger partial charge is 0.341 e. The molecule has 0 unspecified atom stereocenters. The van der Waals surface area contributed by atoms with Crippen LogP contribution >= 0.6 is 0 Å². The summed E-state index contributed by atoms with van der Waals surface area (Å²) in [5.74, 6) is -0.389. The molecule has 22 heavy (non-hydrogen) atoms. The van der Waals surface area contributed by atoms with Crippen molar-refractivity contribution >= 4 is 11.8 Å². The maximum Gasteiger partial charge on any atom is 0.341 e. The minimum Gasteiger partial charge on any atom is -0.477 e. The van der Waals surface area contributed by atoms with Gasteiger partial charge in [-0.2, -0.15) is 5.26 Å². The fraction of sp³-hybridized carbons (Fsp3) is 0.125. The van der Waals surface area contributed by atoms with E-state index in [9.17, 15) is 9.90 Å². The lowest BCUT2D eigenvalue weighted by Gasteiger charge is -2.08. The van der Waals surface area contributed by atoms with Gasteiger partial charge in [-0.05, 0) is 0 Å². The van der Waals surface area contributed by atoms with Crippen molar-refractivity contribution in [2.75, 3.05) is 11.9 Å². The van der Waals surface area contributed by atoms with Gasteiger partial charge in [0.1, 0.15) is 11.4 Å².